The van der Waals surface area contributed by atoms with Crippen LogP contribution in [0.1, 0.15) is 17.3 Å². The molecule has 1 N–H and O–H groups in total. The Morgan fingerprint density at radius 3 is 2.65 bits per heavy atom. The van der Waals surface area contributed by atoms with Crippen molar-refractivity contribution in [3.8, 4) is 0 Å². The van der Waals surface area contributed by atoms with E-state index in [9.17, 15) is 4.79 Å². The Hall–Kier alpha value is -2.24. The van der Waals surface area contributed by atoms with Crippen molar-refractivity contribution in [2.24, 2.45) is 0 Å². The summed E-state index contributed by atoms with van der Waals surface area (Å²) in [5.74, 6) is 1.18. The first-order valence-corrected chi connectivity index (χ1v) is 5.15. The molecule has 0 aliphatic heterocycles. The summed E-state index contributed by atoms with van der Waals surface area (Å²) < 4.78 is 5.31. The quantitative estimate of drug-likeness (QED) is 0.861. The number of hydrogen-bond acceptors (Lipinski definition) is 5. The van der Waals surface area contributed by atoms with E-state index in [4.69, 9.17) is 4.42 Å². The smallest absolute Gasteiger partial charge is 0.234 e. The van der Waals surface area contributed by atoms with Crippen molar-refractivity contribution in [1.29, 1.82) is 0 Å². The van der Waals surface area contributed by atoms with E-state index in [1.165, 1.54) is 0 Å². The second-order valence-corrected chi connectivity index (χ2v) is 3.54. The first-order valence-electron chi connectivity index (χ1n) is 5.15. The molecule has 0 aliphatic rings. The minimum absolute atomic E-state index is 0.130. The van der Waals surface area contributed by atoms with Crippen LogP contribution in [0.25, 0.3) is 0 Å². The number of anilines is 1. The van der Waals surface area contributed by atoms with Gasteiger partial charge in [0, 0.05) is 19.3 Å². The van der Waals surface area contributed by atoms with Gasteiger partial charge in [-0.15, -0.1) is 0 Å². The van der Waals surface area contributed by atoms with Crippen molar-refractivity contribution in [3.05, 3.63) is 35.8 Å². The van der Waals surface area contributed by atoms with Crippen LogP contribution in [0.4, 0.5) is 5.95 Å². The summed E-state index contributed by atoms with van der Waals surface area (Å²) >= 11 is 0. The standard InChI is InChI=1S/C11H12N4O2/c1-7-9(17-8(2)14-7)6-10(16)15-11-12-4-3-5-13-11/h3-5H,6H2,1-2H3,(H,12,13,15,16). The summed E-state index contributed by atoms with van der Waals surface area (Å²) in [5.41, 5.74) is 0.728. The van der Waals surface area contributed by atoms with E-state index in [2.05, 4.69) is 20.3 Å². The first kappa shape index (κ1) is 11.3. The number of rotatable bonds is 3. The SMILES string of the molecule is Cc1nc(C)c(CC(=O)Nc2ncccn2)o1. The molecule has 2 heterocycles. The van der Waals surface area contributed by atoms with Crippen molar-refractivity contribution in [3.63, 3.8) is 0 Å². The molecule has 0 aliphatic carbocycles. The van der Waals surface area contributed by atoms with E-state index in [0.29, 0.717) is 11.7 Å². The van der Waals surface area contributed by atoms with Gasteiger partial charge in [-0.1, -0.05) is 0 Å². The number of aromatic nitrogens is 3. The van der Waals surface area contributed by atoms with Crippen LogP contribution in [0.3, 0.4) is 0 Å². The van der Waals surface area contributed by atoms with E-state index < -0.39 is 0 Å². The van der Waals surface area contributed by atoms with E-state index >= 15 is 0 Å². The zero-order valence-corrected chi connectivity index (χ0v) is 9.60. The van der Waals surface area contributed by atoms with Crippen LogP contribution in [-0.4, -0.2) is 20.9 Å². The minimum Gasteiger partial charge on any atom is -0.445 e. The van der Waals surface area contributed by atoms with Gasteiger partial charge in [0.05, 0.1) is 12.1 Å². The van der Waals surface area contributed by atoms with E-state index in [-0.39, 0.29) is 18.3 Å². The van der Waals surface area contributed by atoms with Gasteiger partial charge in [0.1, 0.15) is 5.76 Å². The molecule has 2 aromatic heterocycles. The van der Waals surface area contributed by atoms with Crippen LogP contribution < -0.4 is 5.32 Å². The molecule has 2 rings (SSSR count). The van der Waals surface area contributed by atoms with Crippen molar-refractivity contribution in [2.75, 3.05) is 5.32 Å². The summed E-state index contributed by atoms with van der Waals surface area (Å²) in [4.78, 5) is 23.6. The lowest BCUT2D eigenvalue weighted by Gasteiger charge is -2.01. The molecule has 6 heteroatoms. The Kier molecular flexibility index (Phi) is 3.13. The zero-order chi connectivity index (χ0) is 12.3. The zero-order valence-electron chi connectivity index (χ0n) is 9.60. The third-order valence-electron chi connectivity index (χ3n) is 2.14. The van der Waals surface area contributed by atoms with Gasteiger partial charge in [-0.3, -0.25) is 10.1 Å². The van der Waals surface area contributed by atoms with Gasteiger partial charge >= 0.3 is 0 Å². The van der Waals surface area contributed by atoms with Crippen LogP contribution in [0.5, 0.6) is 0 Å². The van der Waals surface area contributed by atoms with Crippen molar-refractivity contribution in [1.82, 2.24) is 15.0 Å². The molecule has 0 radical (unpaired) electrons. The maximum atomic E-state index is 11.7. The molecule has 0 atom stereocenters. The van der Waals surface area contributed by atoms with Crippen LogP contribution in [-0.2, 0) is 11.2 Å². The van der Waals surface area contributed by atoms with E-state index in [0.717, 1.165) is 5.69 Å². The number of nitrogens with one attached hydrogen (secondary N) is 1. The van der Waals surface area contributed by atoms with Crippen LogP contribution >= 0.6 is 0 Å². The lowest BCUT2D eigenvalue weighted by atomic mass is 10.3. The summed E-state index contributed by atoms with van der Waals surface area (Å²) in [6, 6.07) is 1.68. The normalized spacial score (nSPS) is 10.2. The highest BCUT2D eigenvalue weighted by atomic mass is 16.4. The van der Waals surface area contributed by atoms with Crippen LogP contribution in [0.15, 0.2) is 22.9 Å². The highest BCUT2D eigenvalue weighted by Gasteiger charge is 2.12. The van der Waals surface area contributed by atoms with Crippen molar-refractivity contribution < 1.29 is 9.21 Å². The van der Waals surface area contributed by atoms with Crippen molar-refractivity contribution in [2.45, 2.75) is 20.3 Å². The van der Waals surface area contributed by atoms with Gasteiger partial charge in [0.25, 0.3) is 0 Å². The number of oxazole rings is 1. The fraction of sp³-hybridized carbons (Fsp3) is 0.273. The van der Waals surface area contributed by atoms with Crippen LogP contribution in [0, 0.1) is 13.8 Å². The maximum absolute atomic E-state index is 11.7. The Balaban J connectivity index is 2.01. The molecule has 88 valence electrons. The molecule has 0 fully saturated rings. The predicted octanol–water partition coefficient (Wildman–Crippen LogP) is 1.26. The lowest BCUT2D eigenvalue weighted by Crippen LogP contribution is -2.16. The molecule has 1 amide bonds. The Labute approximate surface area is 98.1 Å². The Morgan fingerprint density at radius 1 is 1.35 bits per heavy atom. The number of hydrogen-bond donors (Lipinski definition) is 1. The Bertz CT molecular complexity index is 522. The molecule has 2 aromatic rings. The lowest BCUT2D eigenvalue weighted by molar-refractivity contribution is -0.115. The molecule has 17 heavy (non-hydrogen) atoms. The molecule has 6 nitrogen and oxygen atoms in total. The number of carbonyl (C=O) groups excluding carboxylic acids is 1. The molecule has 0 unspecified atom stereocenters. The summed E-state index contributed by atoms with van der Waals surface area (Å²) in [6.07, 6.45) is 3.25. The van der Waals surface area contributed by atoms with Crippen LogP contribution in [0.2, 0.25) is 0 Å². The van der Waals surface area contributed by atoms with Gasteiger partial charge in [-0.05, 0) is 13.0 Å². The minimum atomic E-state index is -0.226. The fourth-order valence-corrected chi connectivity index (χ4v) is 1.42. The predicted molar refractivity (Wildman–Crippen MR) is 60.3 cm³/mol. The molecule has 0 spiro atoms. The largest absolute Gasteiger partial charge is 0.445 e. The van der Waals surface area contributed by atoms with E-state index in [1.54, 1.807) is 32.3 Å². The Morgan fingerprint density at radius 2 is 2.06 bits per heavy atom. The molecule has 0 bridgehead atoms. The molecule has 0 saturated heterocycles. The molecule has 0 saturated carbocycles. The molecule has 0 aromatic carbocycles. The first-order chi connectivity index (χ1) is 8.15. The van der Waals surface area contributed by atoms with Crippen molar-refractivity contribution >= 4 is 11.9 Å². The molecular formula is C11H12N4O2. The third-order valence-corrected chi connectivity index (χ3v) is 2.14. The third kappa shape index (κ3) is 2.87. The van der Waals surface area contributed by atoms with E-state index in [1.807, 2.05) is 0 Å². The summed E-state index contributed by atoms with van der Waals surface area (Å²) in [7, 11) is 0. The topological polar surface area (TPSA) is 80.9 Å². The average Bonchev–Trinajstić information content (AvgIpc) is 2.58. The highest BCUT2D eigenvalue weighted by molar-refractivity contribution is 5.90. The number of carbonyl (C=O) groups is 1. The number of amides is 1. The average molecular weight is 232 g/mol. The monoisotopic (exact) mass is 232 g/mol. The van der Waals surface area contributed by atoms with Gasteiger partial charge in [-0.25, -0.2) is 15.0 Å². The second-order valence-electron chi connectivity index (χ2n) is 3.54. The van der Waals surface area contributed by atoms with Gasteiger partial charge in [0.2, 0.25) is 11.9 Å². The van der Waals surface area contributed by atoms with Gasteiger partial charge in [0.15, 0.2) is 5.89 Å². The summed E-state index contributed by atoms with van der Waals surface area (Å²) in [5, 5.41) is 2.58. The second kappa shape index (κ2) is 4.73. The molecular weight excluding hydrogens is 220 g/mol. The summed E-state index contributed by atoms with van der Waals surface area (Å²) in [6.45, 7) is 3.55. The highest BCUT2D eigenvalue weighted by Crippen LogP contribution is 2.10. The fourth-order valence-electron chi connectivity index (χ4n) is 1.42. The van der Waals surface area contributed by atoms with Gasteiger partial charge < -0.3 is 4.42 Å². The number of nitrogens with zero attached hydrogens (tertiary/aromatic N) is 3. The van der Waals surface area contributed by atoms with Gasteiger partial charge in [-0.2, -0.15) is 0 Å². The maximum Gasteiger partial charge on any atom is 0.234 e. The number of aryl methyl sites for hydroxylation is 2.